The van der Waals surface area contributed by atoms with E-state index in [1.807, 2.05) is 0 Å². The zero-order chi connectivity index (χ0) is 12.4. The molecule has 1 aliphatic carbocycles. The van der Waals surface area contributed by atoms with Crippen LogP contribution in [-0.2, 0) is 0 Å². The molecule has 2 N–H and O–H groups in total. The Bertz CT molecular complexity index is 229. The molecule has 0 aliphatic heterocycles. The lowest BCUT2D eigenvalue weighted by Gasteiger charge is -2.29. The van der Waals surface area contributed by atoms with Gasteiger partial charge in [0.2, 0.25) is 0 Å². The molecule has 0 saturated heterocycles. The van der Waals surface area contributed by atoms with Crippen LogP contribution >= 0.6 is 0 Å². The van der Waals surface area contributed by atoms with Crippen molar-refractivity contribution in [2.24, 2.45) is 0 Å². The van der Waals surface area contributed by atoms with Crippen LogP contribution in [0.2, 0.25) is 0 Å². The molecule has 1 rings (SSSR count). The predicted octanol–water partition coefficient (Wildman–Crippen LogP) is 0.983. The van der Waals surface area contributed by atoms with E-state index >= 15 is 0 Å². The summed E-state index contributed by atoms with van der Waals surface area (Å²) in [4.78, 5) is 1.33. The highest BCUT2D eigenvalue weighted by Gasteiger charge is 2.41. The van der Waals surface area contributed by atoms with Gasteiger partial charge in [-0.05, 0) is 33.4 Å². The first kappa shape index (κ1) is 13.7. The Hall–Kier alpha value is -0.330. The van der Waals surface area contributed by atoms with Crippen molar-refractivity contribution >= 4 is 0 Å². The van der Waals surface area contributed by atoms with Gasteiger partial charge >= 0.3 is 6.18 Å². The van der Waals surface area contributed by atoms with Gasteiger partial charge in [0.1, 0.15) is 0 Å². The molecular weight excluding hydrogens is 221 g/mol. The summed E-state index contributed by atoms with van der Waals surface area (Å²) in [6.07, 6.45) is -2.19. The second-order valence-corrected chi connectivity index (χ2v) is 4.62. The number of rotatable bonds is 4. The summed E-state index contributed by atoms with van der Waals surface area (Å²) < 4.78 is 36.6. The summed E-state index contributed by atoms with van der Waals surface area (Å²) in [7, 11) is 3.23. The van der Waals surface area contributed by atoms with Crippen molar-refractivity contribution in [3.8, 4) is 0 Å². The quantitative estimate of drug-likeness (QED) is 0.769. The van der Waals surface area contributed by atoms with Crippen molar-refractivity contribution in [3.63, 3.8) is 0 Å². The molecular formula is C10H19F3N2O. The molecule has 2 atom stereocenters. The fraction of sp³-hybridized carbons (Fsp3) is 1.00. The van der Waals surface area contributed by atoms with Gasteiger partial charge in [-0.3, -0.25) is 4.90 Å². The maximum absolute atomic E-state index is 12.2. The summed E-state index contributed by atoms with van der Waals surface area (Å²) in [5.74, 6) is 0. The van der Waals surface area contributed by atoms with E-state index in [2.05, 4.69) is 5.32 Å². The monoisotopic (exact) mass is 240 g/mol. The van der Waals surface area contributed by atoms with Crippen molar-refractivity contribution in [2.75, 3.05) is 27.2 Å². The van der Waals surface area contributed by atoms with Gasteiger partial charge in [0.15, 0.2) is 0 Å². The molecule has 96 valence electrons. The highest BCUT2D eigenvalue weighted by atomic mass is 19.4. The van der Waals surface area contributed by atoms with Gasteiger partial charge in [0.05, 0.1) is 13.2 Å². The Balaban J connectivity index is 2.52. The van der Waals surface area contributed by atoms with Crippen LogP contribution in [-0.4, -0.2) is 55.0 Å². The molecule has 0 amide bonds. The van der Waals surface area contributed by atoms with E-state index in [0.717, 1.165) is 0 Å². The van der Waals surface area contributed by atoms with Crippen molar-refractivity contribution in [1.82, 2.24) is 10.2 Å². The van der Waals surface area contributed by atoms with Gasteiger partial charge in [0, 0.05) is 11.6 Å². The number of likely N-dealkylation sites (N-methyl/N-ethyl adjacent to an activating group) is 1. The second-order valence-electron chi connectivity index (χ2n) is 4.62. The van der Waals surface area contributed by atoms with Gasteiger partial charge in [-0.25, -0.2) is 0 Å². The van der Waals surface area contributed by atoms with Gasteiger partial charge in [-0.1, -0.05) is 0 Å². The maximum atomic E-state index is 12.2. The molecule has 0 aromatic rings. The Labute approximate surface area is 93.6 Å². The fourth-order valence-electron chi connectivity index (χ4n) is 2.34. The minimum Gasteiger partial charge on any atom is -0.394 e. The number of nitrogens with zero attached hydrogens (tertiary/aromatic N) is 1. The van der Waals surface area contributed by atoms with Gasteiger partial charge < -0.3 is 10.4 Å². The molecule has 1 fully saturated rings. The lowest BCUT2D eigenvalue weighted by atomic mass is 9.99. The van der Waals surface area contributed by atoms with E-state index in [0.29, 0.717) is 19.3 Å². The molecule has 6 heteroatoms. The zero-order valence-electron chi connectivity index (χ0n) is 9.64. The minimum absolute atomic E-state index is 0.0279. The number of hydrogen-bond acceptors (Lipinski definition) is 3. The van der Waals surface area contributed by atoms with E-state index in [9.17, 15) is 18.3 Å². The molecule has 0 aromatic heterocycles. The van der Waals surface area contributed by atoms with Crippen molar-refractivity contribution < 1.29 is 18.3 Å². The molecule has 0 aromatic carbocycles. The summed E-state index contributed by atoms with van der Waals surface area (Å²) in [6, 6.07) is -0.110. The van der Waals surface area contributed by atoms with Crippen LogP contribution in [0.4, 0.5) is 13.2 Å². The van der Waals surface area contributed by atoms with Gasteiger partial charge in [-0.2, -0.15) is 13.2 Å². The number of alkyl halides is 3. The Morgan fingerprint density at radius 3 is 2.50 bits per heavy atom. The van der Waals surface area contributed by atoms with E-state index in [1.165, 1.54) is 11.9 Å². The number of aliphatic hydroxyl groups is 1. The highest BCUT2D eigenvalue weighted by molar-refractivity contribution is 4.98. The normalized spacial score (nSPS) is 31.3. The van der Waals surface area contributed by atoms with E-state index < -0.39 is 18.3 Å². The highest BCUT2D eigenvalue weighted by Crippen LogP contribution is 2.33. The van der Waals surface area contributed by atoms with Crippen molar-refractivity contribution in [2.45, 2.75) is 37.0 Å². The minimum atomic E-state index is -4.15. The van der Waals surface area contributed by atoms with Crippen LogP contribution in [0.15, 0.2) is 0 Å². The first-order chi connectivity index (χ1) is 7.32. The third-order valence-electron chi connectivity index (χ3n) is 3.47. The molecule has 16 heavy (non-hydrogen) atoms. The molecule has 2 unspecified atom stereocenters. The average molecular weight is 240 g/mol. The van der Waals surface area contributed by atoms with E-state index in [1.54, 1.807) is 7.05 Å². The summed E-state index contributed by atoms with van der Waals surface area (Å²) in [5, 5.41) is 12.3. The molecule has 1 aliphatic rings. The zero-order valence-corrected chi connectivity index (χ0v) is 9.64. The predicted molar refractivity (Wildman–Crippen MR) is 55.2 cm³/mol. The summed E-state index contributed by atoms with van der Waals surface area (Å²) >= 11 is 0. The van der Waals surface area contributed by atoms with Gasteiger partial charge in [-0.15, -0.1) is 0 Å². The first-order valence-corrected chi connectivity index (χ1v) is 5.39. The van der Waals surface area contributed by atoms with Crippen LogP contribution < -0.4 is 5.32 Å². The molecule has 0 spiro atoms. The third kappa shape index (κ3) is 3.33. The van der Waals surface area contributed by atoms with Crippen LogP contribution in [0, 0.1) is 0 Å². The van der Waals surface area contributed by atoms with Crippen LogP contribution in [0.25, 0.3) is 0 Å². The van der Waals surface area contributed by atoms with Crippen molar-refractivity contribution in [3.05, 3.63) is 0 Å². The molecule has 1 saturated carbocycles. The summed E-state index contributed by atoms with van der Waals surface area (Å²) in [6.45, 7) is -0.914. The standard InChI is InChI=1S/C10H19F3N2O/c1-14-9(7-16)4-3-8(5-9)15(2)6-10(11,12)13/h8,14,16H,3-7H2,1-2H3. The summed E-state index contributed by atoms with van der Waals surface area (Å²) in [5.41, 5.74) is -0.398. The number of aliphatic hydroxyl groups excluding tert-OH is 1. The largest absolute Gasteiger partial charge is 0.401 e. The first-order valence-electron chi connectivity index (χ1n) is 5.39. The third-order valence-corrected chi connectivity index (χ3v) is 3.47. The molecule has 0 bridgehead atoms. The van der Waals surface area contributed by atoms with Crippen molar-refractivity contribution in [1.29, 1.82) is 0 Å². The Morgan fingerprint density at radius 1 is 1.50 bits per heavy atom. The van der Waals surface area contributed by atoms with E-state index in [4.69, 9.17) is 0 Å². The SMILES string of the molecule is CNC1(CO)CCC(N(C)CC(F)(F)F)C1. The second kappa shape index (κ2) is 4.89. The Kier molecular flexibility index (Phi) is 4.20. The number of nitrogens with one attached hydrogen (secondary N) is 1. The van der Waals surface area contributed by atoms with Gasteiger partial charge in [0.25, 0.3) is 0 Å². The van der Waals surface area contributed by atoms with Crippen LogP contribution in [0.5, 0.6) is 0 Å². The van der Waals surface area contributed by atoms with Crippen LogP contribution in [0.1, 0.15) is 19.3 Å². The topological polar surface area (TPSA) is 35.5 Å². The average Bonchev–Trinajstić information content (AvgIpc) is 2.60. The number of halogens is 3. The smallest absolute Gasteiger partial charge is 0.394 e. The Morgan fingerprint density at radius 2 is 2.12 bits per heavy atom. The fourth-order valence-corrected chi connectivity index (χ4v) is 2.34. The van der Waals surface area contributed by atoms with E-state index in [-0.39, 0.29) is 12.6 Å². The molecule has 0 heterocycles. The van der Waals surface area contributed by atoms with Crippen LogP contribution in [0.3, 0.4) is 0 Å². The lowest BCUT2D eigenvalue weighted by Crippen LogP contribution is -2.46. The molecule has 0 radical (unpaired) electrons. The number of hydrogen-bond donors (Lipinski definition) is 2. The molecule has 3 nitrogen and oxygen atoms in total. The lowest BCUT2D eigenvalue weighted by molar-refractivity contribution is -0.147. The maximum Gasteiger partial charge on any atom is 0.401 e.